The normalized spacial score (nSPS) is 12.8. The molecule has 0 N–H and O–H groups in total. The molecule has 28 heavy (non-hydrogen) atoms. The minimum absolute atomic E-state index is 0.0189. The maximum atomic E-state index is 13.1. The number of benzene rings is 3. The maximum Gasteiger partial charge on any atom is 0.258 e. The number of anilines is 1. The molecule has 5 rings (SSSR count). The Kier molecular flexibility index (Phi) is 3.98. The number of amides is 1. The van der Waals surface area contributed by atoms with Crippen molar-refractivity contribution >= 4 is 11.6 Å². The van der Waals surface area contributed by atoms with Crippen molar-refractivity contribution in [3.63, 3.8) is 0 Å². The molecule has 0 atom stereocenters. The zero-order chi connectivity index (χ0) is 18.9. The molecule has 0 saturated heterocycles. The molecule has 5 nitrogen and oxygen atoms in total. The van der Waals surface area contributed by atoms with E-state index in [1.165, 1.54) is 5.56 Å². The number of hydrogen-bond donors (Lipinski definition) is 0. The van der Waals surface area contributed by atoms with E-state index < -0.39 is 0 Å². The predicted octanol–water partition coefficient (Wildman–Crippen LogP) is 4.61. The number of rotatable bonds is 3. The fourth-order valence-electron chi connectivity index (χ4n) is 3.54. The van der Waals surface area contributed by atoms with Gasteiger partial charge >= 0.3 is 0 Å². The lowest BCUT2D eigenvalue weighted by Gasteiger charge is -2.17. The van der Waals surface area contributed by atoms with E-state index >= 15 is 0 Å². The highest BCUT2D eigenvalue weighted by atomic mass is 16.5. The highest BCUT2D eigenvalue weighted by Gasteiger charge is 2.25. The number of hydrogen-bond acceptors (Lipinski definition) is 4. The lowest BCUT2D eigenvalue weighted by molar-refractivity contribution is 0.0989. The van der Waals surface area contributed by atoms with Crippen molar-refractivity contribution in [1.82, 2.24) is 10.1 Å². The second-order valence-electron chi connectivity index (χ2n) is 6.71. The number of nitrogens with zero attached hydrogens (tertiary/aromatic N) is 3. The Hall–Kier alpha value is -3.73. The number of fused-ring (bicyclic) bond motifs is 1. The van der Waals surface area contributed by atoms with Crippen molar-refractivity contribution in [2.75, 3.05) is 11.4 Å². The molecule has 3 aromatic carbocycles. The Balaban J connectivity index is 1.45. The molecule has 0 radical (unpaired) electrons. The molecule has 2 heterocycles. The topological polar surface area (TPSA) is 59.2 Å². The third-order valence-corrected chi connectivity index (χ3v) is 4.95. The SMILES string of the molecule is O=C(c1cccc(-c2nc(-c3ccccc3)no2)c1)N1CCc2ccccc21. The van der Waals surface area contributed by atoms with Crippen LogP contribution in [0, 0.1) is 0 Å². The maximum absolute atomic E-state index is 13.1. The van der Waals surface area contributed by atoms with Gasteiger partial charge in [-0.25, -0.2) is 0 Å². The van der Waals surface area contributed by atoms with Gasteiger partial charge in [0.15, 0.2) is 0 Å². The smallest absolute Gasteiger partial charge is 0.258 e. The van der Waals surface area contributed by atoms with Crippen LogP contribution in [0.4, 0.5) is 5.69 Å². The highest BCUT2D eigenvalue weighted by molar-refractivity contribution is 6.07. The summed E-state index contributed by atoms with van der Waals surface area (Å²) < 4.78 is 5.44. The second-order valence-corrected chi connectivity index (χ2v) is 6.71. The summed E-state index contributed by atoms with van der Waals surface area (Å²) in [5.41, 5.74) is 4.42. The predicted molar refractivity (Wildman–Crippen MR) is 107 cm³/mol. The number of para-hydroxylation sites is 1. The van der Waals surface area contributed by atoms with Crippen molar-refractivity contribution in [3.05, 3.63) is 90.0 Å². The van der Waals surface area contributed by atoms with Crippen LogP contribution < -0.4 is 4.90 Å². The first-order valence-electron chi connectivity index (χ1n) is 9.19. The summed E-state index contributed by atoms with van der Waals surface area (Å²) in [4.78, 5) is 19.4. The standard InChI is InChI=1S/C23H17N3O2/c27-23(26-14-13-16-7-4-5-12-20(16)26)19-11-6-10-18(15-19)22-24-21(25-28-22)17-8-2-1-3-9-17/h1-12,15H,13-14H2. The van der Waals surface area contributed by atoms with Crippen LogP contribution in [0.2, 0.25) is 0 Å². The Morgan fingerprint density at radius 1 is 0.893 bits per heavy atom. The fourth-order valence-corrected chi connectivity index (χ4v) is 3.54. The summed E-state index contributed by atoms with van der Waals surface area (Å²) >= 11 is 0. The van der Waals surface area contributed by atoms with Crippen LogP contribution in [0.25, 0.3) is 22.8 Å². The first-order valence-corrected chi connectivity index (χ1v) is 9.19. The molecule has 1 aromatic heterocycles. The van der Waals surface area contributed by atoms with Crippen LogP contribution in [0.5, 0.6) is 0 Å². The average Bonchev–Trinajstić information content (AvgIpc) is 3.42. The summed E-state index contributed by atoms with van der Waals surface area (Å²) in [5, 5.41) is 4.06. The highest BCUT2D eigenvalue weighted by Crippen LogP contribution is 2.30. The number of carbonyl (C=O) groups is 1. The summed E-state index contributed by atoms with van der Waals surface area (Å²) in [6.07, 6.45) is 0.881. The molecule has 1 aliphatic heterocycles. The largest absolute Gasteiger partial charge is 0.334 e. The number of aromatic nitrogens is 2. The van der Waals surface area contributed by atoms with Gasteiger partial charge in [0.1, 0.15) is 0 Å². The minimum Gasteiger partial charge on any atom is -0.334 e. The van der Waals surface area contributed by atoms with Gasteiger partial charge in [0, 0.05) is 28.9 Å². The molecule has 0 unspecified atom stereocenters. The molecule has 0 fully saturated rings. The van der Waals surface area contributed by atoms with Gasteiger partial charge in [0.2, 0.25) is 5.82 Å². The van der Waals surface area contributed by atoms with Gasteiger partial charge in [-0.05, 0) is 36.2 Å². The van der Waals surface area contributed by atoms with Crippen LogP contribution in [0.15, 0.2) is 83.4 Å². The van der Waals surface area contributed by atoms with Crippen molar-refractivity contribution in [1.29, 1.82) is 0 Å². The minimum atomic E-state index is -0.0189. The summed E-state index contributed by atoms with van der Waals surface area (Å²) in [7, 11) is 0. The Morgan fingerprint density at radius 2 is 1.68 bits per heavy atom. The van der Waals surface area contributed by atoms with E-state index in [0.717, 1.165) is 23.2 Å². The quantitative estimate of drug-likeness (QED) is 0.531. The lowest BCUT2D eigenvalue weighted by atomic mass is 10.1. The van der Waals surface area contributed by atoms with Gasteiger partial charge in [-0.1, -0.05) is 59.8 Å². The molecule has 5 heteroatoms. The Bertz CT molecular complexity index is 1150. The molecular formula is C23H17N3O2. The Morgan fingerprint density at radius 3 is 2.57 bits per heavy atom. The number of carbonyl (C=O) groups excluding carboxylic acids is 1. The molecule has 0 spiro atoms. The molecule has 1 aliphatic rings. The van der Waals surface area contributed by atoms with Crippen LogP contribution >= 0.6 is 0 Å². The zero-order valence-corrected chi connectivity index (χ0v) is 15.1. The van der Waals surface area contributed by atoms with Crippen LogP contribution in [0.1, 0.15) is 15.9 Å². The molecule has 0 aliphatic carbocycles. The van der Waals surface area contributed by atoms with Crippen LogP contribution in [-0.4, -0.2) is 22.6 Å². The van der Waals surface area contributed by atoms with Crippen LogP contribution in [-0.2, 0) is 6.42 Å². The lowest BCUT2D eigenvalue weighted by Crippen LogP contribution is -2.28. The molecule has 0 saturated carbocycles. The monoisotopic (exact) mass is 367 g/mol. The molecule has 0 bridgehead atoms. The van der Waals surface area contributed by atoms with Gasteiger partial charge < -0.3 is 9.42 Å². The third kappa shape index (κ3) is 2.87. The first-order chi connectivity index (χ1) is 13.8. The van der Waals surface area contributed by atoms with Gasteiger partial charge in [-0.2, -0.15) is 4.98 Å². The summed E-state index contributed by atoms with van der Waals surface area (Å²) in [6.45, 7) is 0.696. The third-order valence-electron chi connectivity index (χ3n) is 4.95. The first kappa shape index (κ1) is 16.4. The van der Waals surface area contributed by atoms with E-state index in [1.807, 2.05) is 77.7 Å². The van der Waals surface area contributed by atoms with Gasteiger partial charge in [-0.15, -0.1) is 0 Å². The summed E-state index contributed by atoms with van der Waals surface area (Å²) in [6, 6.07) is 25.0. The van der Waals surface area contributed by atoms with Crippen molar-refractivity contribution in [2.45, 2.75) is 6.42 Å². The molecule has 136 valence electrons. The molecule has 4 aromatic rings. The van der Waals surface area contributed by atoms with Gasteiger partial charge in [-0.3, -0.25) is 4.79 Å². The van der Waals surface area contributed by atoms with E-state index in [4.69, 9.17) is 4.52 Å². The van der Waals surface area contributed by atoms with Crippen molar-refractivity contribution in [2.24, 2.45) is 0 Å². The average molecular weight is 367 g/mol. The zero-order valence-electron chi connectivity index (χ0n) is 15.1. The van der Waals surface area contributed by atoms with Crippen LogP contribution in [0.3, 0.4) is 0 Å². The second kappa shape index (κ2) is 6.78. The molecule has 1 amide bonds. The summed E-state index contributed by atoms with van der Waals surface area (Å²) in [5.74, 6) is 0.908. The van der Waals surface area contributed by atoms with E-state index in [1.54, 1.807) is 0 Å². The Labute approximate surface area is 162 Å². The van der Waals surface area contributed by atoms with Crippen molar-refractivity contribution in [3.8, 4) is 22.8 Å². The van der Waals surface area contributed by atoms with E-state index in [-0.39, 0.29) is 5.91 Å². The van der Waals surface area contributed by atoms with E-state index in [9.17, 15) is 4.79 Å². The van der Waals surface area contributed by atoms with E-state index in [2.05, 4.69) is 16.2 Å². The van der Waals surface area contributed by atoms with Gasteiger partial charge in [0.25, 0.3) is 11.8 Å². The van der Waals surface area contributed by atoms with E-state index in [0.29, 0.717) is 23.8 Å². The molecular weight excluding hydrogens is 350 g/mol. The van der Waals surface area contributed by atoms with Gasteiger partial charge in [0.05, 0.1) is 0 Å². The van der Waals surface area contributed by atoms with Crippen molar-refractivity contribution < 1.29 is 9.32 Å². The fraction of sp³-hybridized carbons (Fsp3) is 0.0870.